The molecule has 0 unspecified atom stereocenters. The van der Waals surface area contributed by atoms with E-state index in [-0.39, 0.29) is 22.2 Å². The van der Waals surface area contributed by atoms with Crippen molar-refractivity contribution in [3.8, 4) is 5.75 Å². The van der Waals surface area contributed by atoms with E-state index in [1.165, 1.54) is 18.2 Å². The van der Waals surface area contributed by atoms with Crippen molar-refractivity contribution in [2.24, 2.45) is 4.40 Å². The molecule has 0 aliphatic carbocycles. The first kappa shape index (κ1) is 12.6. The molecule has 0 saturated carbocycles. The van der Waals surface area contributed by atoms with E-state index in [9.17, 15) is 12.8 Å². The third kappa shape index (κ3) is 2.01. The molecule has 1 aliphatic heterocycles. The van der Waals surface area contributed by atoms with E-state index in [4.69, 9.17) is 10.5 Å². The first-order chi connectivity index (χ1) is 9.47. The van der Waals surface area contributed by atoms with Crippen LogP contribution in [-0.4, -0.2) is 14.3 Å². The van der Waals surface area contributed by atoms with Gasteiger partial charge >= 0.3 is 0 Å². The Bertz CT molecular complexity index is 831. The number of nitrogens with zero attached hydrogens (tertiary/aromatic N) is 1. The smallest absolute Gasteiger partial charge is 0.286 e. The highest BCUT2D eigenvalue weighted by Gasteiger charge is 2.30. The molecule has 1 heterocycles. The van der Waals surface area contributed by atoms with Crippen LogP contribution in [0.25, 0.3) is 0 Å². The molecule has 0 radical (unpaired) electrons. The monoisotopic (exact) mass is 292 g/mol. The zero-order valence-electron chi connectivity index (χ0n) is 10.1. The standard InChI is InChI=1S/C13H9FN2O3S/c14-8-5-6-11(10(15)7-8)19-13-9-3-1-2-4-12(9)20(17,18)16-13/h1-7H,15H2. The molecule has 20 heavy (non-hydrogen) atoms. The molecule has 2 N–H and O–H groups in total. The van der Waals surface area contributed by atoms with Crippen LogP contribution in [0.3, 0.4) is 0 Å². The summed E-state index contributed by atoms with van der Waals surface area (Å²) < 4.78 is 45.6. The van der Waals surface area contributed by atoms with Crippen molar-refractivity contribution in [1.82, 2.24) is 0 Å². The molecule has 0 amide bonds. The Morgan fingerprint density at radius 1 is 1.15 bits per heavy atom. The third-order valence-electron chi connectivity index (χ3n) is 2.78. The maximum Gasteiger partial charge on any atom is 0.286 e. The number of fused-ring (bicyclic) bond motifs is 1. The van der Waals surface area contributed by atoms with Gasteiger partial charge in [0.15, 0.2) is 5.75 Å². The molecule has 7 heteroatoms. The highest BCUT2D eigenvalue weighted by molar-refractivity contribution is 7.90. The molecule has 0 bridgehead atoms. The van der Waals surface area contributed by atoms with Gasteiger partial charge in [0.25, 0.3) is 10.0 Å². The van der Waals surface area contributed by atoms with E-state index >= 15 is 0 Å². The van der Waals surface area contributed by atoms with Crippen molar-refractivity contribution in [3.63, 3.8) is 0 Å². The van der Waals surface area contributed by atoms with Gasteiger partial charge in [-0.3, -0.25) is 0 Å². The Hall–Kier alpha value is -2.41. The molecular weight excluding hydrogens is 283 g/mol. The number of sulfonamides is 1. The summed E-state index contributed by atoms with van der Waals surface area (Å²) in [5.74, 6) is -0.424. The maximum atomic E-state index is 13.0. The number of nitrogens with two attached hydrogens (primary N) is 1. The van der Waals surface area contributed by atoms with E-state index < -0.39 is 15.8 Å². The van der Waals surface area contributed by atoms with Crippen molar-refractivity contribution >= 4 is 21.6 Å². The Balaban J connectivity index is 2.05. The van der Waals surface area contributed by atoms with Gasteiger partial charge in [-0.05, 0) is 24.3 Å². The van der Waals surface area contributed by atoms with Gasteiger partial charge < -0.3 is 10.5 Å². The zero-order chi connectivity index (χ0) is 14.3. The van der Waals surface area contributed by atoms with E-state index in [0.717, 1.165) is 6.07 Å². The molecule has 0 spiro atoms. The van der Waals surface area contributed by atoms with Crippen LogP contribution in [0.1, 0.15) is 5.56 Å². The van der Waals surface area contributed by atoms with Crippen LogP contribution in [0.2, 0.25) is 0 Å². The molecular formula is C13H9FN2O3S. The number of hydrogen-bond donors (Lipinski definition) is 1. The second-order valence-electron chi connectivity index (χ2n) is 4.15. The van der Waals surface area contributed by atoms with Crippen LogP contribution < -0.4 is 10.5 Å². The molecule has 3 rings (SSSR count). The minimum atomic E-state index is -3.75. The quantitative estimate of drug-likeness (QED) is 0.814. The lowest BCUT2D eigenvalue weighted by molar-refractivity contribution is 0.552. The molecule has 0 fully saturated rings. The molecule has 0 atom stereocenters. The van der Waals surface area contributed by atoms with Crippen LogP contribution in [0.5, 0.6) is 5.75 Å². The van der Waals surface area contributed by atoms with Crippen LogP contribution in [0, 0.1) is 5.82 Å². The first-order valence-corrected chi connectivity index (χ1v) is 7.08. The fraction of sp³-hybridized carbons (Fsp3) is 0. The minimum absolute atomic E-state index is 0.0643. The van der Waals surface area contributed by atoms with Crippen molar-refractivity contribution in [2.75, 3.05) is 5.73 Å². The number of rotatable bonds is 1. The lowest BCUT2D eigenvalue weighted by atomic mass is 10.2. The van der Waals surface area contributed by atoms with Crippen LogP contribution >= 0.6 is 0 Å². The zero-order valence-corrected chi connectivity index (χ0v) is 10.9. The highest BCUT2D eigenvalue weighted by Crippen LogP contribution is 2.29. The molecule has 0 aromatic heterocycles. The van der Waals surface area contributed by atoms with Crippen LogP contribution in [0.4, 0.5) is 10.1 Å². The Labute approximate surface area is 114 Å². The second-order valence-corrected chi connectivity index (χ2v) is 5.72. The fourth-order valence-corrected chi connectivity index (χ4v) is 3.00. The van der Waals surface area contributed by atoms with Gasteiger partial charge in [-0.2, -0.15) is 8.42 Å². The van der Waals surface area contributed by atoms with Crippen LogP contribution in [0.15, 0.2) is 51.8 Å². The van der Waals surface area contributed by atoms with Crippen molar-refractivity contribution in [3.05, 3.63) is 53.8 Å². The predicted molar refractivity (Wildman–Crippen MR) is 71.6 cm³/mol. The topological polar surface area (TPSA) is 81.8 Å². The molecule has 2 aromatic rings. The number of hydrogen-bond acceptors (Lipinski definition) is 4. The normalized spacial score (nSPS) is 15.6. The van der Waals surface area contributed by atoms with Gasteiger partial charge in [0, 0.05) is 6.07 Å². The van der Waals surface area contributed by atoms with Gasteiger partial charge in [-0.25, -0.2) is 4.39 Å². The van der Waals surface area contributed by atoms with Gasteiger partial charge in [-0.1, -0.05) is 12.1 Å². The summed E-state index contributed by atoms with van der Waals surface area (Å²) in [6.45, 7) is 0. The summed E-state index contributed by atoms with van der Waals surface area (Å²) in [4.78, 5) is 0.0793. The summed E-state index contributed by atoms with van der Waals surface area (Å²) in [5, 5.41) is 0. The number of benzene rings is 2. The molecule has 102 valence electrons. The summed E-state index contributed by atoms with van der Waals surface area (Å²) in [6.07, 6.45) is 0. The van der Waals surface area contributed by atoms with E-state index in [2.05, 4.69) is 4.40 Å². The molecule has 1 aliphatic rings. The highest BCUT2D eigenvalue weighted by atomic mass is 32.2. The van der Waals surface area contributed by atoms with Gasteiger partial charge in [0.1, 0.15) is 10.7 Å². The Morgan fingerprint density at radius 2 is 1.90 bits per heavy atom. The minimum Gasteiger partial charge on any atom is -0.435 e. The number of ether oxygens (including phenoxy) is 1. The van der Waals surface area contributed by atoms with Crippen molar-refractivity contribution in [2.45, 2.75) is 4.90 Å². The first-order valence-electron chi connectivity index (χ1n) is 5.64. The molecule has 0 saturated heterocycles. The summed E-state index contributed by atoms with van der Waals surface area (Å²) >= 11 is 0. The van der Waals surface area contributed by atoms with E-state index in [1.54, 1.807) is 18.2 Å². The van der Waals surface area contributed by atoms with Gasteiger partial charge in [0.05, 0.1) is 11.3 Å². The van der Waals surface area contributed by atoms with E-state index in [1.807, 2.05) is 0 Å². The SMILES string of the molecule is Nc1cc(F)ccc1OC1=NS(=O)(=O)c2ccccc21. The van der Waals surface area contributed by atoms with Gasteiger partial charge in [0.2, 0.25) is 5.90 Å². The Kier molecular flexibility index (Phi) is 2.72. The van der Waals surface area contributed by atoms with Gasteiger partial charge in [-0.15, -0.1) is 4.40 Å². The fourth-order valence-electron chi connectivity index (χ4n) is 1.87. The largest absolute Gasteiger partial charge is 0.435 e. The van der Waals surface area contributed by atoms with E-state index in [0.29, 0.717) is 5.56 Å². The molecule has 5 nitrogen and oxygen atoms in total. The number of halogens is 1. The summed E-state index contributed by atoms with van der Waals surface area (Å²) in [6, 6.07) is 9.87. The average molecular weight is 292 g/mol. The van der Waals surface area contributed by atoms with Crippen LogP contribution in [-0.2, 0) is 10.0 Å². The number of anilines is 1. The average Bonchev–Trinajstić information content (AvgIpc) is 2.65. The summed E-state index contributed by atoms with van der Waals surface area (Å²) in [5.41, 5.74) is 6.04. The number of nitrogen functional groups attached to an aromatic ring is 1. The third-order valence-corrected chi connectivity index (χ3v) is 4.09. The lowest BCUT2D eigenvalue weighted by Gasteiger charge is -2.07. The molecule has 2 aromatic carbocycles. The summed E-state index contributed by atoms with van der Waals surface area (Å²) in [7, 11) is -3.75. The second kappa shape index (κ2) is 4.31. The Morgan fingerprint density at radius 3 is 2.65 bits per heavy atom. The van der Waals surface area contributed by atoms with Crippen molar-refractivity contribution < 1.29 is 17.5 Å². The maximum absolute atomic E-state index is 13.0. The lowest BCUT2D eigenvalue weighted by Crippen LogP contribution is -2.09. The van der Waals surface area contributed by atoms with Crippen molar-refractivity contribution in [1.29, 1.82) is 0 Å². The predicted octanol–water partition coefficient (Wildman–Crippen LogP) is 1.94.